The number of amides is 1. The van der Waals surface area contributed by atoms with Crippen molar-refractivity contribution in [2.45, 2.75) is 44.7 Å². The van der Waals surface area contributed by atoms with Gasteiger partial charge in [0.1, 0.15) is 0 Å². The molecule has 0 unspecified atom stereocenters. The van der Waals surface area contributed by atoms with E-state index < -0.39 is 33.4 Å². The van der Waals surface area contributed by atoms with Crippen LogP contribution in [-0.2, 0) is 19.7 Å². The Balaban J connectivity index is 2.26. The van der Waals surface area contributed by atoms with Gasteiger partial charge in [0.05, 0.1) is 18.0 Å². The van der Waals surface area contributed by atoms with Gasteiger partial charge < -0.3 is 0 Å². The smallest absolute Gasteiger partial charge is 0.272 e. The van der Waals surface area contributed by atoms with Gasteiger partial charge in [-0.25, -0.2) is 13.9 Å². The second kappa shape index (κ2) is 8.74. The molecule has 0 spiro atoms. The minimum absolute atomic E-state index is 0.213. The Morgan fingerprint density at radius 1 is 1.10 bits per heavy atom. The van der Waals surface area contributed by atoms with Crippen LogP contribution in [0.5, 0.6) is 0 Å². The largest absolute Gasteiger partial charge is 0.277 e. The maximum absolute atomic E-state index is 14.0. The van der Waals surface area contributed by atoms with Gasteiger partial charge >= 0.3 is 0 Å². The van der Waals surface area contributed by atoms with Crippen LogP contribution >= 0.6 is 11.6 Å². The molecule has 1 aliphatic rings. The number of sulfonamides is 1. The Morgan fingerprint density at radius 3 is 2.26 bits per heavy atom. The molecule has 0 aromatic heterocycles. The highest BCUT2D eigenvalue weighted by Gasteiger charge is 2.49. The molecule has 0 saturated heterocycles. The highest BCUT2D eigenvalue weighted by molar-refractivity contribution is 7.89. The third-order valence-corrected chi connectivity index (χ3v) is 7.60. The quantitative estimate of drug-likeness (QED) is 0.667. The molecule has 0 fully saturated rings. The Hall–Kier alpha value is -2.19. The number of hydrogen-bond donors (Lipinski definition) is 1. The first-order chi connectivity index (χ1) is 14.5. The maximum atomic E-state index is 14.0. The van der Waals surface area contributed by atoms with Crippen LogP contribution in [0.1, 0.15) is 37.9 Å². The molecule has 1 amide bonds. The molecular formula is C23H27ClN2O4S. The fourth-order valence-electron chi connectivity index (χ4n) is 3.83. The van der Waals surface area contributed by atoms with Gasteiger partial charge in [0.15, 0.2) is 0 Å². The molecule has 2 aromatic rings. The van der Waals surface area contributed by atoms with E-state index in [1.165, 1.54) is 11.4 Å². The average molecular weight is 463 g/mol. The van der Waals surface area contributed by atoms with Gasteiger partial charge in [-0.2, -0.15) is 4.31 Å². The Bertz CT molecular complexity index is 1110. The number of nitrogens with one attached hydrogen (secondary N) is 1. The summed E-state index contributed by atoms with van der Waals surface area (Å²) in [5, 5.41) is 0.523. The number of benzene rings is 2. The zero-order valence-electron chi connectivity index (χ0n) is 18.2. The lowest BCUT2D eigenvalue weighted by Crippen LogP contribution is -2.45. The number of rotatable bonds is 5. The number of hydrogen-bond acceptors (Lipinski definition) is 4. The molecule has 2 aromatic carbocycles. The summed E-state index contributed by atoms with van der Waals surface area (Å²) in [6.45, 7) is 7.61. The number of hydroxylamine groups is 1. The summed E-state index contributed by atoms with van der Waals surface area (Å²) < 4.78 is 29.4. The molecule has 0 aliphatic carbocycles. The van der Waals surface area contributed by atoms with E-state index in [2.05, 4.69) is 5.48 Å². The third-order valence-electron chi connectivity index (χ3n) is 5.34. The van der Waals surface area contributed by atoms with E-state index >= 15 is 0 Å². The molecule has 1 N–H and O–H groups in total. The fraction of sp³-hybridized carbons (Fsp3) is 0.348. The summed E-state index contributed by atoms with van der Waals surface area (Å²) in [6, 6.07) is 12.3. The van der Waals surface area contributed by atoms with Gasteiger partial charge in [-0.05, 0) is 41.7 Å². The van der Waals surface area contributed by atoms with Gasteiger partial charge in [0, 0.05) is 16.6 Å². The first kappa shape index (κ1) is 23.5. The lowest BCUT2D eigenvalue weighted by atomic mass is 9.87. The standard InChI is InChI=1S/C23H27ClN2O4S/c1-15-8-6-7-9-19(15)31(28,29)26-20(23(2,3)4)14-18(22(27)25-30-5)21(26)16-10-12-17(24)13-11-16/h6-14,20-21H,1-5H3,(H,25,27)/t20-,21-/m0/s1. The number of nitrogens with zero attached hydrogens (tertiary/aromatic N) is 1. The van der Waals surface area contributed by atoms with Gasteiger partial charge in [0.2, 0.25) is 10.0 Å². The molecule has 6 nitrogen and oxygen atoms in total. The molecule has 1 heterocycles. The fourth-order valence-corrected chi connectivity index (χ4v) is 6.10. The van der Waals surface area contributed by atoms with Crippen molar-refractivity contribution >= 4 is 27.5 Å². The van der Waals surface area contributed by atoms with Crippen molar-refractivity contribution in [3.8, 4) is 0 Å². The van der Waals surface area contributed by atoms with Crippen LogP contribution in [0.25, 0.3) is 0 Å². The number of carbonyl (C=O) groups is 1. The number of aryl methyl sites for hydroxylation is 1. The van der Waals surface area contributed by atoms with Crippen molar-refractivity contribution in [2.75, 3.05) is 7.11 Å². The number of halogens is 1. The van der Waals surface area contributed by atoms with E-state index in [4.69, 9.17) is 16.4 Å². The normalized spacial score (nSPS) is 19.9. The first-order valence-electron chi connectivity index (χ1n) is 9.88. The first-order valence-corrected chi connectivity index (χ1v) is 11.7. The van der Waals surface area contributed by atoms with Gasteiger partial charge in [-0.1, -0.05) is 68.8 Å². The second-order valence-corrected chi connectivity index (χ2v) is 10.9. The summed E-state index contributed by atoms with van der Waals surface area (Å²) in [7, 11) is -2.62. The summed E-state index contributed by atoms with van der Waals surface area (Å²) in [5.74, 6) is -0.487. The Morgan fingerprint density at radius 2 is 1.71 bits per heavy atom. The summed E-state index contributed by atoms with van der Waals surface area (Å²) in [4.78, 5) is 17.9. The van der Waals surface area contributed by atoms with Crippen LogP contribution in [0.2, 0.25) is 5.02 Å². The summed E-state index contributed by atoms with van der Waals surface area (Å²) in [5.41, 5.74) is 3.45. The molecule has 2 atom stereocenters. The van der Waals surface area contributed by atoms with Gasteiger partial charge in [-0.15, -0.1) is 0 Å². The van der Waals surface area contributed by atoms with Crippen LogP contribution in [-0.4, -0.2) is 31.8 Å². The minimum atomic E-state index is -3.96. The van der Waals surface area contributed by atoms with E-state index in [1.54, 1.807) is 61.5 Å². The van der Waals surface area contributed by atoms with Crippen molar-refractivity contribution in [1.82, 2.24) is 9.79 Å². The Kier molecular flexibility index (Phi) is 6.62. The van der Waals surface area contributed by atoms with E-state index in [0.717, 1.165) is 0 Å². The maximum Gasteiger partial charge on any atom is 0.272 e. The van der Waals surface area contributed by atoms with Crippen LogP contribution < -0.4 is 5.48 Å². The SMILES string of the molecule is CONC(=O)C1=C[C@@H](C(C)(C)C)N(S(=O)(=O)c2ccccc2C)[C@H]1c1ccc(Cl)cc1. The molecule has 8 heteroatoms. The monoisotopic (exact) mass is 462 g/mol. The molecule has 0 radical (unpaired) electrons. The van der Waals surface area contributed by atoms with Gasteiger partial charge in [0.25, 0.3) is 5.91 Å². The molecule has 3 rings (SSSR count). The highest BCUT2D eigenvalue weighted by Crippen LogP contribution is 2.46. The van der Waals surface area contributed by atoms with Crippen molar-refractivity contribution in [2.24, 2.45) is 5.41 Å². The predicted molar refractivity (Wildman–Crippen MR) is 121 cm³/mol. The van der Waals surface area contributed by atoms with E-state index in [-0.39, 0.29) is 4.90 Å². The topological polar surface area (TPSA) is 75.7 Å². The summed E-state index contributed by atoms with van der Waals surface area (Å²) in [6.07, 6.45) is 1.73. The van der Waals surface area contributed by atoms with Crippen LogP contribution in [0, 0.1) is 12.3 Å². The molecule has 0 bridgehead atoms. The van der Waals surface area contributed by atoms with Gasteiger partial charge in [-0.3, -0.25) is 9.63 Å². The average Bonchev–Trinajstić information content (AvgIpc) is 3.11. The predicted octanol–water partition coefficient (Wildman–Crippen LogP) is 4.41. The lowest BCUT2D eigenvalue weighted by molar-refractivity contribution is -0.127. The molecule has 31 heavy (non-hydrogen) atoms. The minimum Gasteiger partial charge on any atom is -0.277 e. The lowest BCUT2D eigenvalue weighted by Gasteiger charge is -2.37. The van der Waals surface area contributed by atoms with Crippen molar-refractivity contribution < 1.29 is 18.0 Å². The van der Waals surface area contributed by atoms with Crippen molar-refractivity contribution in [1.29, 1.82) is 0 Å². The Labute approximate surface area is 188 Å². The van der Waals surface area contributed by atoms with Crippen molar-refractivity contribution in [3.05, 3.63) is 76.3 Å². The van der Waals surface area contributed by atoms with Crippen LogP contribution in [0.4, 0.5) is 0 Å². The zero-order valence-corrected chi connectivity index (χ0v) is 19.8. The van der Waals surface area contributed by atoms with E-state index in [9.17, 15) is 13.2 Å². The second-order valence-electron chi connectivity index (χ2n) is 8.62. The number of carbonyl (C=O) groups excluding carboxylic acids is 1. The zero-order chi connectivity index (χ0) is 23.0. The molecule has 0 saturated carbocycles. The summed E-state index contributed by atoms with van der Waals surface area (Å²) >= 11 is 6.07. The van der Waals surface area contributed by atoms with E-state index in [1.807, 2.05) is 20.8 Å². The van der Waals surface area contributed by atoms with E-state index in [0.29, 0.717) is 21.7 Å². The molecular weight excluding hydrogens is 436 g/mol. The van der Waals surface area contributed by atoms with Crippen LogP contribution in [0.3, 0.4) is 0 Å². The molecule has 1 aliphatic heterocycles. The van der Waals surface area contributed by atoms with Crippen LogP contribution in [0.15, 0.2) is 65.1 Å². The third kappa shape index (κ3) is 4.55. The van der Waals surface area contributed by atoms with Crippen molar-refractivity contribution in [3.63, 3.8) is 0 Å². The highest BCUT2D eigenvalue weighted by atomic mass is 35.5. The molecule has 166 valence electrons.